The van der Waals surface area contributed by atoms with Gasteiger partial charge in [0.15, 0.2) is 0 Å². The standard InChI is InChI=1S/C17H15NO2/c18-10-14-9-12-5-1-2-6-13(12)11-20-16-8-4-3-7-15(16)17(14)19/h1-8,14,17,19H,9,11H2/t14-,17-/m0/s1. The molecule has 100 valence electrons. The number of ether oxygens (including phenoxy) is 1. The van der Waals surface area contributed by atoms with Crippen molar-refractivity contribution >= 4 is 0 Å². The number of rotatable bonds is 0. The van der Waals surface area contributed by atoms with Crippen LogP contribution in [0.1, 0.15) is 22.8 Å². The van der Waals surface area contributed by atoms with Gasteiger partial charge in [-0.3, -0.25) is 0 Å². The van der Waals surface area contributed by atoms with Gasteiger partial charge in [-0.05, 0) is 23.6 Å². The number of aliphatic hydroxyl groups is 1. The molecule has 0 radical (unpaired) electrons. The SMILES string of the molecule is N#C[C@@H]1Cc2ccccc2COc2ccccc2[C@H]1O. The average molecular weight is 265 g/mol. The number of para-hydroxylation sites is 1. The van der Waals surface area contributed by atoms with E-state index in [0.717, 1.165) is 11.1 Å². The van der Waals surface area contributed by atoms with Crippen molar-refractivity contribution in [2.75, 3.05) is 0 Å². The molecule has 0 bridgehead atoms. The molecule has 3 heteroatoms. The summed E-state index contributed by atoms with van der Waals surface area (Å²) in [6.07, 6.45) is -0.298. The van der Waals surface area contributed by atoms with Crippen LogP contribution in [0.5, 0.6) is 5.75 Å². The maximum absolute atomic E-state index is 10.5. The summed E-state index contributed by atoms with van der Waals surface area (Å²) < 4.78 is 5.83. The van der Waals surface area contributed by atoms with Gasteiger partial charge in [0.2, 0.25) is 0 Å². The van der Waals surface area contributed by atoms with Crippen LogP contribution in [0.15, 0.2) is 48.5 Å². The third-order valence-electron chi connectivity index (χ3n) is 3.73. The van der Waals surface area contributed by atoms with Gasteiger partial charge in [0.05, 0.1) is 18.1 Å². The lowest BCUT2D eigenvalue weighted by Gasteiger charge is -2.18. The first kappa shape index (κ1) is 12.7. The minimum Gasteiger partial charge on any atom is -0.489 e. The van der Waals surface area contributed by atoms with Crippen molar-refractivity contribution in [3.8, 4) is 11.8 Å². The van der Waals surface area contributed by atoms with Crippen LogP contribution in [0.3, 0.4) is 0 Å². The Balaban J connectivity index is 2.09. The normalized spacial score (nSPS) is 21.2. The fourth-order valence-corrected chi connectivity index (χ4v) is 2.59. The van der Waals surface area contributed by atoms with E-state index in [2.05, 4.69) is 6.07 Å². The summed E-state index contributed by atoms with van der Waals surface area (Å²) in [6, 6.07) is 17.5. The predicted octanol–water partition coefficient (Wildman–Crippen LogP) is 2.99. The van der Waals surface area contributed by atoms with Crippen molar-refractivity contribution in [2.45, 2.75) is 19.1 Å². The van der Waals surface area contributed by atoms with Crippen LogP contribution in [0.4, 0.5) is 0 Å². The summed E-state index contributed by atoms with van der Waals surface area (Å²) in [4.78, 5) is 0. The van der Waals surface area contributed by atoms with Crippen LogP contribution in [-0.2, 0) is 13.0 Å². The Labute approximate surface area is 118 Å². The minimum atomic E-state index is -0.831. The Bertz CT molecular complexity index is 660. The lowest BCUT2D eigenvalue weighted by Crippen LogP contribution is -2.14. The summed E-state index contributed by atoms with van der Waals surface area (Å²) in [6.45, 7) is 0.456. The second kappa shape index (κ2) is 5.36. The first-order valence-corrected chi connectivity index (χ1v) is 6.66. The maximum Gasteiger partial charge on any atom is 0.125 e. The molecule has 3 rings (SSSR count). The van der Waals surface area contributed by atoms with Gasteiger partial charge in [0, 0.05) is 5.56 Å². The van der Waals surface area contributed by atoms with Crippen molar-refractivity contribution in [1.29, 1.82) is 5.26 Å². The van der Waals surface area contributed by atoms with Gasteiger partial charge in [-0.15, -0.1) is 0 Å². The zero-order chi connectivity index (χ0) is 13.9. The molecule has 1 N–H and O–H groups in total. The molecular formula is C17H15NO2. The molecule has 1 heterocycles. The van der Waals surface area contributed by atoms with Gasteiger partial charge in [0.25, 0.3) is 0 Å². The van der Waals surface area contributed by atoms with E-state index in [0.29, 0.717) is 24.3 Å². The second-order valence-electron chi connectivity index (χ2n) is 4.98. The van der Waals surface area contributed by atoms with Gasteiger partial charge >= 0.3 is 0 Å². The van der Waals surface area contributed by atoms with E-state index in [1.54, 1.807) is 0 Å². The molecule has 0 fully saturated rings. The molecule has 1 aliphatic rings. The highest BCUT2D eigenvalue weighted by Crippen LogP contribution is 2.34. The summed E-state index contributed by atoms with van der Waals surface area (Å²) >= 11 is 0. The number of nitriles is 1. The third-order valence-corrected chi connectivity index (χ3v) is 3.73. The molecule has 0 saturated carbocycles. The molecule has 1 aliphatic heterocycles. The van der Waals surface area contributed by atoms with Crippen LogP contribution in [0, 0.1) is 17.2 Å². The van der Waals surface area contributed by atoms with E-state index >= 15 is 0 Å². The number of aliphatic hydroxyl groups excluding tert-OH is 1. The third kappa shape index (κ3) is 2.26. The Morgan fingerprint density at radius 2 is 1.75 bits per heavy atom. The quantitative estimate of drug-likeness (QED) is 0.796. The van der Waals surface area contributed by atoms with E-state index in [-0.39, 0.29) is 0 Å². The van der Waals surface area contributed by atoms with E-state index < -0.39 is 12.0 Å². The highest BCUT2D eigenvalue weighted by Gasteiger charge is 2.26. The molecule has 2 aromatic rings. The summed E-state index contributed by atoms with van der Waals surface area (Å²) in [5.41, 5.74) is 2.81. The zero-order valence-electron chi connectivity index (χ0n) is 11.0. The molecule has 0 spiro atoms. The van der Waals surface area contributed by atoms with Crippen LogP contribution < -0.4 is 4.74 Å². The Morgan fingerprint density at radius 1 is 1.05 bits per heavy atom. The van der Waals surface area contributed by atoms with E-state index in [1.165, 1.54) is 0 Å². The first-order valence-electron chi connectivity index (χ1n) is 6.66. The van der Waals surface area contributed by atoms with Crippen molar-refractivity contribution in [3.63, 3.8) is 0 Å². The van der Waals surface area contributed by atoms with Crippen molar-refractivity contribution in [3.05, 3.63) is 65.2 Å². The van der Waals surface area contributed by atoms with E-state index in [9.17, 15) is 10.4 Å². The smallest absolute Gasteiger partial charge is 0.125 e. The van der Waals surface area contributed by atoms with Crippen molar-refractivity contribution in [1.82, 2.24) is 0 Å². The number of fused-ring (bicyclic) bond motifs is 2. The molecule has 0 aromatic heterocycles. The van der Waals surface area contributed by atoms with Gasteiger partial charge in [0.1, 0.15) is 12.4 Å². The molecule has 2 atom stereocenters. The van der Waals surface area contributed by atoms with Crippen LogP contribution >= 0.6 is 0 Å². The van der Waals surface area contributed by atoms with Crippen LogP contribution in [0.25, 0.3) is 0 Å². The monoisotopic (exact) mass is 265 g/mol. The second-order valence-corrected chi connectivity index (χ2v) is 4.98. The van der Waals surface area contributed by atoms with Gasteiger partial charge in [-0.2, -0.15) is 5.26 Å². The average Bonchev–Trinajstić information content (AvgIpc) is 2.56. The fourth-order valence-electron chi connectivity index (χ4n) is 2.59. The molecule has 0 amide bonds. The lowest BCUT2D eigenvalue weighted by molar-refractivity contribution is 0.131. The van der Waals surface area contributed by atoms with Gasteiger partial charge in [-0.25, -0.2) is 0 Å². The molecular weight excluding hydrogens is 250 g/mol. The predicted molar refractivity (Wildman–Crippen MR) is 75.0 cm³/mol. The molecule has 0 saturated heterocycles. The topological polar surface area (TPSA) is 53.2 Å². The molecule has 2 aromatic carbocycles. The molecule has 20 heavy (non-hydrogen) atoms. The van der Waals surface area contributed by atoms with E-state index in [4.69, 9.17) is 4.74 Å². The number of hydrogen-bond acceptors (Lipinski definition) is 3. The molecule has 0 aliphatic carbocycles. The highest BCUT2D eigenvalue weighted by molar-refractivity contribution is 5.38. The summed E-state index contributed by atoms with van der Waals surface area (Å²) in [5, 5.41) is 19.8. The van der Waals surface area contributed by atoms with Crippen molar-refractivity contribution in [2.24, 2.45) is 5.92 Å². The lowest BCUT2D eigenvalue weighted by atomic mass is 9.89. The zero-order valence-corrected chi connectivity index (χ0v) is 11.0. The Hall–Kier alpha value is -2.31. The maximum atomic E-state index is 10.5. The van der Waals surface area contributed by atoms with E-state index in [1.807, 2.05) is 48.5 Å². The first-order chi connectivity index (χ1) is 9.79. The summed E-state index contributed by atoms with van der Waals surface area (Å²) in [5.74, 6) is 0.177. The fraction of sp³-hybridized carbons (Fsp3) is 0.235. The summed E-state index contributed by atoms with van der Waals surface area (Å²) in [7, 11) is 0. The largest absolute Gasteiger partial charge is 0.489 e. The Kier molecular flexibility index (Phi) is 3.41. The number of nitrogens with zero attached hydrogens (tertiary/aromatic N) is 1. The molecule has 3 nitrogen and oxygen atoms in total. The Morgan fingerprint density at radius 3 is 2.55 bits per heavy atom. The minimum absolute atomic E-state index is 0.456. The number of hydrogen-bond donors (Lipinski definition) is 1. The van der Waals surface area contributed by atoms with Gasteiger partial charge < -0.3 is 9.84 Å². The van der Waals surface area contributed by atoms with Crippen molar-refractivity contribution < 1.29 is 9.84 Å². The van der Waals surface area contributed by atoms with Crippen LogP contribution in [-0.4, -0.2) is 5.11 Å². The van der Waals surface area contributed by atoms with Crippen LogP contribution in [0.2, 0.25) is 0 Å². The van der Waals surface area contributed by atoms with Gasteiger partial charge in [-0.1, -0.05) is 42.5 Å². The number of benzene rings is 2. The highest BCUT2D eigenvalue weighted by atomic mass is 16.5. The molecule has 0 unspecified atom stereocenters.